The van der Waals surface area contributed by atoms with E-state index in [2.05, 4.69) is 0 Å². The molecule has 0 aliphatic heterocycles. The Morgan fingerprint density at radius 1 is 0.833 bits per heavy atom. The van der Waals surface area contributed by atoms with Crippen LogP contribution in [0.1, 0.15) is 0 Å². The molecule has 11 heteroatoms. The molecule has 0 saturated heterocycles. The van der Waals surface area contributed by atoms with Crippen LogP contribution in [0.4, 0.5) is 0 Å². The second-order valence-electron chi connectivity index (χ2n) is 1.52. The normalized spacial score (nSPS) is 11.8. The van der Waals surface area contributed by atoms with Gasteiger partial charge in [0.2, 0.25) is 0 Å². The first kappa shape index (κ1) is 19.8. The molecule has 0 radical (unpaired) electrons. The SMILES string of the molecule is O=P(O)(O)C(O)P(=O)(O)O.[NaH].[NaH]. The van der Waals surface area contributed by atoms with Crippen molar-refractivity contribution in [3.05, 3.63) is 0 Å². The molecule has 0 aliphatic rings. The Labute approximate surface area is 112 Å². The zero-order valence-corrected chi connectivity index (χ0v) is 6.31. The van der Waals surface area contributed by atoms with Gasteiger partial charge in [0.1, 0.15) is 0 Å². The van der Waals surface area contributed by atoms with Gasteiger partial charge in [0, 0.05) is 0 Å². The van der Waals surface area contributed by atoms with Crippen molar-refractivity contribution in [3.8, 4) is 0 Å². The average Bonchev–Trinajstić information content (AvgIpc) is 1.59. The summed E-state index contributed by atoms with van der Waals surface area (Å²) in [6, 6.07) is 0. The van der Waals surface area contributed by atoms with E-state index in [9.17, 15) is 9.13 Å². The van der Waals surface area contributed by atoms with Gasteiger partial charge in [-0.3, -0.25) is 9.13 Å². The first-order chi connectivity index (χ1) is 4.15. The Balaban J connectivity index is -0.000000405. The van der Waals surface area contributed by atoms with Gasteiger partial charge in [-0.1, -0.05) is 0 Å². The molecule has 5 N–H and O–H groups in total. The molecule has 0 saturated carbocycles. The topological polar surface area (TPSA) is 135 Å². The molecule has 0 fully saturated rings. The van der Waals surface area contributed by atoms with Crippen molar-refractivity contribution >= 4 is 74.3 Å². The standard InChI is InChI=1S/CH6O7P2.2Na.2H/c2-1(9(3,4)5)10(6,7)8;;;;/h1-2H,(H2,3,4,5)(H2,6,7,8);;;;. The summed E-state index contributed by atoms with van der Waals surface area (Å²) in [7, 11) is -10.2. The second-order valence-corrected chi connectivity index (χ2v) is 5.27. The summed E-state index contributed by atoms with van der Waals surface area (Å²) in [5.74, 6) is 0. The van der Waals surface area contributed by atoms with E-state index in [-0.39, 0.29) is 59.1 Å². The quantitative estimate of drug-likeness (QED) is 0.262. The van der Waals surface area contributed by atoms with Gasteiger partial charge in [-0.05, 0) is 0 Å². The fourth-order valence-electron chi connectivity index (χ4n) is 0.196. The molecule has 0 spiro atoms. The third-order valence-electron chi connectivity index (χ3n) is 0.602. The van der Waals surface area contributed by atoms with Gasteiger partial charge < -0.3 is 24.7 Å². The summed E-state index contributed by atoms with van der Waals surface area (Å²) in [6.07, 6.45) is 0. The van der Waals surface area contributed by atoms with Gasteiger partial charge in [0.05, 0.1) is 0 Å². The van der Waals surface area contributed by atoms with Crippen LogP contribution in [-0.2, 0) is 9.13 Å². The van der Waals surface area contributed by atoms with Crippen LogP contribution in [-0.4, -0.2) is 89.4 Å². The van der Waals surface area contributed by atoms with Gasteiger partial charge >= 0.3 is 74.3 Å². The molecule has 0 unspecified atom stereocenters. The van der Waals surface area contributed by atoms with Crippen LogP contribution in [0.3, 0.4) is 0 Å². The first-order valence-electron chi connectivity index (χ1n) is 1.94. The van der Waals surface area contributed by atoms with Crippen molar-refractivity contribution in [2.75, 3.05) is 0 Å². The van der Waals surface area contributed by atoms with Crippen LogP contribution in [0.15, 0.2) is 0 Å². The van der Waals surface area contributed by atoms with E-state index in [1.54, 1.807) is 0 Å². The zero-order valence-electron chi connectivity index (χ0n) is 4.52. The van der Waals surface area contributed by atoms with Gasteiger partial charge in [0.25, 0.3) is 5.59 Å². The molecule has 12 heavy (non-hydrogen) atoms. The predicted octanol–water partition coefficient (Wildman–Crippen LogP) is -2.68. The number of hydrogen-bond donors (Lipinski definition) is 5. The first-order valence-corrected chi connectivity index (χ1v) is 5.30. The molecule has 0 aromatic carbocycles. The van der Waals surface area contributed by atoms with Crippen LogP contribution in [0, 0.1) is 0 Å². The molecule has 0 rings (SSSR count). The molecule has 0 aromatic heterocycles. The summed E-state index contributed by atoms with van der Waals surface area (Å²) >= 11 is 0. The number of aliphatic hydroxyl groups is 1. The Kier molecular flexibility index (Phi) is 11.0. The molecule has 0 aromatic rings. The van der Waals surface area contributed by atoms with Crippen molar-refractivity contribution < 1.29 is 33.8 Å². The van der Waals surface area contributed by atoms with Crippen LogP contribution in [0.25, 0.3) is 0 Å². The Bertz CT molecular complexity index is 181. The maximum atomic E-state index is 9.93. The van der Waals surface area contributed by atoms with E-state index >= 15 is 0 Å². The molecule has 7 nitrogen and oxygen atoms in total. The van der Waals surface area contributed by atoms with E-state index in [1.165, 1.54) is 0 Å². The summed E-state index contributed by atoms with van der Waals surface area (Å²) < 4.78 is 19.9. The van der Waals surface area contributed by atoms with Crippen LogP contribution < -0.4 is 0 Å². The zero-order chi connectivity index (χ0) is 8.58. The van der Waals surface area contributed by atoms with E-state index in [4.69, 9.17) is 24.7 Å². The maximum absolute atomic E-state index is 9.93. The third-order valence-corrected chi connectivity index (χ3v) is 3.61. The summed E-state index contributed by atoms with van der Waals surface area (Å²) in [4.78, 5) is 32.0. The molecule has 0 heterocycles. The average molecular weight is 240 g/mol. The Morgan fingerprint density at radius 3 is 1.00 bits per heavy atom. The van der Waals surface area contributed by atoms with E-state index in [0.29, 0.717) is 0 Å². The molecular formula is CH8Na2O7P2. The Hall–Kier alpha value is 2.26. The van der Waals surface area contributed by atoms with Crippen molar-refractivity contribution in [3.63, 3.8) is 0 Å². The number of hydrogen-bond acceptors (Lipinski definition) is 3. The molecule has 0 amide bonds. The van der Waals surface area contributed by atoms with Crippen molar-refractivity contribution in [1.29, 1.82) is 0 Å². The van der Waals surface area contributed by atoms with Crippen LogP contribution in [0.5, 0.6) is 0 Å². The molecule has 0 atom stereocenters. The Morgan fingerprint density at radius 2 is 1.00 bits per heavy atom. The van der Waals surface area contributed by atoms with Gasteiger partial charge in [-0.25, -0.2) is 0 Å². The third kappa shape index (κ3) is 7.64. The van der Waals surface area contributed by atoms with Crippen molar-refractivity contribution in [1.82, 2.24) is 0 Å². The van der Waals surface area contributed by atoms with Gasteiger partial charge in [0.15, 0.2) is 0 Å². The van der Waals surface area contributed by atoms with Crippen molar-refractivity contribution in [2.45, 2.75) is 5.59 Å². The number of aliphatic hydroxyl groups excluding tert-OH is 1. The fraction of sp³-hybridized carbons (Fsp3) is 1.00. The second kappa shape index (κ2) is 6.69. The summed E-state index contributed by atoms with van der Waals surface area (Å²) in [5.41, 5.74) is -2.90. The monoisotopic (exact) mass is 240 g/mol. The minimum atomic E-state index is -5.09. The summed E-state index contributed by atoms with van der Waals surface area (Å²) in [5, 5.41) is 8.20. The van der Waals surface area contributed by atoms with Crippen molar-refractivity contribution in [2.24, 2.45) is 0 Å². The molecule has 66 valence electrons. The van der Waals surface area contributed by atoms with Gasteiger partial charge in [-0.15, -0.1) is 0 Å². The predicted molar refractivity (Wildman–Crippen MR) is 44.4 cm³/mol. The molecule has 0 aliphatic carbocycles. The number of rotatable bonds is 2. The minimum absolute atomic E-state index is 0. The summed E-state index contributed by atoms with van der Waals surface area (Å²) in [6.45, 7) is 0. The molecule has 0 bridgehead atoms. The fourth-order valence-corrected chi connectivity index (χ4v) is 1.76. The van der Waals surface area contributed by atoms with Gasteiger partial charge in [-0.2, -0.15) is 0 Å². The van der Waals surface area contributed by atoms with Crippen LogP contribution in [0.2, 0.25) is 0 Å². The molecular weight excluding hydrogens is 232 g/mol. The van der Waals surface area contributed by atoms with E-state index in [0.717, 1.165) is 0 Å². The van der Waals surface area contributed by atoms with E-state index in [1.807, 2.05) is 0 Å². The van der Waals surface area contributed by atoms with E-state index < -0.39 is 20.8 Å². The van der Waals surface area contributed by atoms with Crippen LogP contribution >= 0.6 is 15.2 Å².